The van der Waals surface area contributed by atoms with Crippen molar-refractivity contribution in [1.82, 2.24) is 9.88 Å². The number of nitrogens with zero attached hydrogens (tertiary/aromatic N) is 1. The largest absolute Gasteiger partial charge is 0.374 e. The van der Waals surface area contributed by atoms with Gasteiger partial charge in [0.15, 0.2) is 0 Å². The van der Waals surface area contributed by atoms with Crippen LogP contribution in [0.4, 0.5) is 10.1 Å². The first-order valence-corrected chi connectivity index (χ1v) is 8.18. The van der Waals surface area contributed by atoms with Gasteiger partial charge in [0.25, 0.3) is 11.8 Å². The Kier molecular flexibility index (Phi) is 4.41. The molecule has 7 heteroatoms. The third-order valence-corrected chi connectivity index (χ3v) is 4.62. The van der Waals surface area contributed by atoms with Crippen molar-refractivity contribution in [3.63, 3.8) is 0 Å². The lowest BCUT2D eigenvalue weighted by Gasteiger charge is -2.20. The van der Waals surface area contributed by atoms with E-state index in [1.807, 2.05) is 0 Å². The molecule has 0 aliphatic carbocycles. The standard InChI is InChI=1S/C19H20FN3O3/c1-9-16(21-10(2)17(9)19(26)23(4)11(3)24)8-14-13-7-12(20)5-6-15(13)22-18(14)25/h5-8,11,21,24H,1-4H3,(H,22,25)/b14-8-. The summed E-state index contributed by atoms with van der Waals surface area (Å²) in [4.78, 5) is 29.2. The van der Waals surface area contributed by atoms with Crippen molar-refractivity contribution < 1.29 is 19.1 Å². The second-order valence-corrected chi connectivity index (χ2v) is 6.41. The fraction of sp³-hybridized carbons (Fsp3) is 0.263. The maximum Gasteiger partial charge on any atom is 0.257 e. The van der Waals surface area contributed by atoms with Gasteiger partial charge in [-0.15, -0.1) is 0 Å². The maximum atomic E-state index is 13.6. The van der Waals surface area contributed by atoms with Gasteiger partial charge < -0.3 is 20.3 Å². The minimum Gasteiger partial charge on any atom is -0.374 e. The minimum atomic E-state index is -0.923. The molecule has 6 nitrogen and oxygen atoms in total. The van der Waals surface area contributed by atoms with Gasteiger partial charge in [-0.3, -0.25) is 9.59 Å². The van der Waals surface area contributed by atoms with E-state index in [9.17, 15) is 19.1 Å². The number of nitrogens with one attached hydrogen (secondary N) is 2. The number of benzene rings is 1. The molecule has 0 saturated heterocycles. The van der Waals surface area contributed by atoms with Gasteiger partial charge in [-0.05, 0) is 50.6 Å². The fourth-order valence-electron chi connectivity index (χ4n) is 3.03. The van der Waals surface area contributed by atoms with Gasteiger partial charge in [0, 0.05) is 29.7 Å². The van der Waals surface area contributed by atoms with Gasteiger partial charge in [0.05, 0.1) is 11.1 Å². The molecule has 26 heavy (non-hydrogen) atoms. The smallest absolute Gasteiger partial charge is 0.257 e. The van der Waals surface area contributed by atoms with Crippen LogP contribution in [0, 0.1) is 19.7 Å². The molecular formula is C19H20FN3O3. The Hall–Kier alpha value is -2.93. The summed E-state index contributed by atoms with van der Waals surface area (Å²) >= 11 is 0. The number of aliphatic hydroxyl groups is 1. The van der Waals surface area contributed by atoms with E-state index in [-0.39, 0.29) is 11.8 Å². The van der Waals surface area contributed by atoms with Crippen LogP contribution >= 0.6 is 0 Å². The molecule has 136 valence electrons. The summed E-state index contributed by atoms with van der Waals surface area (Å²) in [7, 11) is 1.51. The van der Waals surface area contributed by atoms with Crippen molar-refractivity contribution in [2.45, 2.75) is 27.0 Å². The van der Waals surface area contributed by atoms with Crippen LogP contribution in [-0.4, -0.2) is 40.1 Å². The third-order valence-electron chi connectivity index (χ3n) is 4.62. The van der Waals surface area contributed by atoms with Crippen molar-refractivity contribution in [3.8, 4) is 0 Å². The molecule has 2 amide bonds. The average molecular weight is 357 g/mol. The van der Waals surface area contributed by atoms with Crippen LogP contribution in [0.15, 0.2) is 18.2 Å². The Bertz CT molecular complexity index is 944. The van der Waals surface area contributed by atoms with E-state index in [0.29, 0.717) is 39.3 Å². The molecule has 2 aromatic rings. The zero-order chi connectivity index (χ0) is 19.2. The molecular weight excluding hydrogens is 337 g/mol. The highest BCUT2D eigenvalue weighted by Crippen LogP contribution is 2.34. The van der Waals surface area contributed by atoms with Gasteiger partial charge in [-0.25, -0.2) is 4.39 Å². The van der Waals surface area contributed by atoms with Crippen LogP contribution in [0.3, 0.4) is 0 Å². The van der Waals surface area contributed by atoms with E-state index in [1.165, 1.54) is 37.1 Å². The van der Waals surface area contributed by atoms with Gasteiger partial charge in [-0.1, -0.05) is 0 Å². The van der Waals surface area contributed by atoms with Crippen LogP contribution in [0.1, 0.15) is 39.8 Å². The molecule has 3 rings (SSSR count). The summed E-state index contributed by atoms with van der Waals surface area (Å²) in [5.41, 5.74) is 3.68. The zero-order valence-electron chi connectivity index (χ0n) is 15.0. The van der Waals surface area contributed by atoms with Gasteiger partial charge >= 0.3 is 0 Å². The van der Waals surface area contributed by atoms with Crippen molar-refractivity contribution in [1.29, 1.82) is 0 Å². The van der Waals surface area contributed by atoms with Gasteiger partial charge in [0.1, 0.15) is 12.0 Å². The summed E-state index contributed by atoms with van der Waals surface area (Å²) in [6.07, 6.45) is 0.690. The number of H-pyrrole nitrogens is 1. The lowest BCUT2D eigenvalue weighted by Crippen LogP contribution is -2.35. The number of aromatic amines is 1. The Balaban J connectivity index is 2.06. The zero-order valence-corrected chi connectivity index (χ0v) is 15.0. The first kappa shape index (κ1) is 17.9. The Morgan fingerprint density at radius 2 is 2.04 bits per heavy atom. The van der Waals surface area contributed by atoms with E-state index in [4.69, 9.17) is 0 Å². The summed E-state index contributed by atoms with van der Waals surface area (Å²) in [6, 6.07) is 4.11. The quantitative estimate of drug-likeness (QED) is 0.583. The molecule has 1 unspecified atom stereocenters. The fourth-order valence-corrected chi connectivity index (χ4v) is 3.03. The van der Waals surface area contributed by atoms with Gasteiger partial charge in [0.2, 0.25) is 0 Å². The van der Waals surface area contributed by atoms with Crippen molar-refractivity contribution >= 4 is 29.2 Å². The highest BCUT2D eigenvalue weighted by molar-refractivity contribution is 6.34. The number of carbonyl (C=O) groups excluding carboxylic acids is 2. The number of amides is 2. The second kappa shape index (κ2) is 6.42. The molecule has 3 N–H and O–H groups in total. The number of aryl methyl sites for hydroxylation is 1. The first-order chi connectivity index (χ1) is 12.2. The normalized spacial score (nSPS) is 15.8. The molecule has 0 fully saturated rings. The monoisotopic (exact) mass is 357 g/mol. The van der Waals surface area contributed by atoms with Crippen LogP contribution in [-0.2, 0) is 4.79 Å². The van der Waals surface area contributed by atoms with Crippen LogP contribution in [0.2, 0.25) is 0 Å². The topological polar surface area (TPSA) is 85.4 Å². The maximum absolute atomic E-state index is 13.6. The number of fused-ring (bicyclic) bond motifs is 1. The SMILES string of the molecule is Cc1[nH]c(/C=C2\C(=O)Nc3ccc(F)cc32)c(C)c1C(=O)N(C)C(C)O. The lowest BCUT2D eigenvalue weighted by molar-refractivity contribution is -0.110. The number of anilines is 1. The molecule has 0 saturated carbocycles. The predicted octanol–water partition coefficient (Wildman–Crippen LogP) is 2.67. The first-order valence-electron chi connectivity index (χ1n) is 8.18. The summed E-state index contributed by atoms with van der Waals surface area (Å²) in [5, 5.41) is 12.3. The average Bonchev–Trinajstić information content (AvgIpc) is 3.03. The number of hydrogen-bond acceptors (Lipinski definition) is 3. The third kappa shape index (κ3) is 2.90. The van der Waals surface area contributed by atoms with Crippen molar-refractivity contribution in [2.24, 2.45) is 0 Å². The molecule has 2 heterocycles. The molecule has 1 aliphatic heterocycles. The van der Waals surface area contributed by atoms with Crippen LogP contribution in [0.25, 0.3) is 11.6 Å². The molecule has 0 radical (unpaired) electrons. The Morgan fingerprint density at radius 1 is 1.35 bits per heavy atom. The Morgan fingerprint density at radius 3 is 2.69 bits per heavy atom. The number of carbonyl (C=O) groups is 2. The molecule has 1 aliphatic rings. The number of halogens is 1. The predicted molar refractivity (Wildman–Crippen MR) is 96.9 cm³/mol. The summed E-state index contributed by atoms with van der Waals surface area (Å²) in [5.74, 6) is -1.08. The molecule has 1 aromatic carbocycles. The number of aromatic nitrogens is 1. The number of rotatable bonds is 3. The van der Waals surface area contributed by atoms with Gasteiger partial charge in [-0.2, -0.15) is 0 Å². The van der Waals surface area contributed by atoms with Crippen molar-refractivity contribution in [2.75, 3.05) is 12.4 Å². The minimum absolute atomic E-state index is 0.321. The molecule has 1 atom stereocenters. The summed E-state index contributed by atoms with van der Waals surface area (Å²) in [6.45, 7) is 5.02. The highest BCUT2D eigenvalue weighted by atomic mass is 19.1. The lowest BCUT2D eigenvalue weighted by atomic mass is 10.0. The van der Waals surface area contributed by atoms with E-state index in [0.717, 1.165) is 0 Å². The van der Waals surface area contributed by atoms with Crippen molar-refractivity contribution in [3.05, 3.63) is 52.1 Å². The number of hydrogen-bond donors (Lipinski definition) is 3. The number of aliphatic hydroxyl groups excluding tert-OH is 1. The van der Waals surface area contributed by atoms with Crippen LogP contribution in [0.5, 0.6) is 0 Å². The molecule has 0 spiro atoms. The second-order valence-electron chi connectivity index (χ2n) is 6.41. The van der Waals surface area contributed by atoms with E-state index in [2.05, 4.69) is 10.3 Å². The van der Waals surface area contributed by atoms with E-state index in [1.54, 1.807) is 19.9 Å². The highest BCUT2D eigenvalue weighted by Gasteiger charge is 2.27. The Labute approximate surface area is 150 Å². The van der Waals surface area contributed by atoms with E-state index < -0.39 is 12.0 Å². The molecule has 1 aromatic heterocycles. The van der Waals surface area contributed by atoms with E-state index >= 15 is 0 Å². The molecule has 0 bridgehead atoms. The van der Waals surface area contributed by atoms with Crippen LogP contribution < -0.4 is 5.32 Å². The summed E-state index contributed by atoms with van der Waals surface area (Å²) < 4.78 is 13.6.